The van der Waals surface area contributed by atoms with Gasteiger partial charge >= 0.3 is 0 Å². The molecule has 0 bridgehead atoms. The second kappa shape index (κ2) is 6.51. The lowest BCUT2D eigenvalue weighted by atomic mass is 9.89. The summed E-state index contributed by atoms with van der Waals surface area (Å²) in [7, 11) is 2.11. The Balaban J connectivity index is 2.20. The second-order valence-corrected chi connectivity index (χ2v) is 6.05. The molecule has 0 aliphatic carbocycles. The van der Waals surface area contributed by atoms with Gasteiger partial charge in [0.15, 0.2) is 0 Å². The van der Waals surface area contributed by atoms with Crippen LogP contribution in [0.3, 0.4) is 0 Å². The minimum Gasteiger partial charge on any atom is -0.329 e. The van der Waals surface area contributed by atoms with Gasteiger partial charge in [0.2, 0.25) is 0 Å². The van der Waals surface area contributed by atoms with Crippen molar-refractivity contribution in [2.45, 2.75) is 18.9 Å². The first-order chi connectivity index (χ1) is 9.96. The minimum atomic E-state index is -0.309. The van der Waals surface area contributed by atoms with Crippen molar-refractivity contribution in [3.63, 3.8) is 0 Å². The Bertz CT molecular complexity index is 500. The molecule has 0 spiro atoms. The first kappa shape index (κ1) is 15.9. The lowest BCUT2D eigenvalue weighted by molar-refractivity contribution is -0.385. The fourth-order valence-corrected chi connectivity index (χ4v) is 2.91. The van der Waals surface area contributed by atoms with E-state index in [1.165, 1.54) is 0 Å². The molecule has 1 heterocycles. The van der Waals surface area contributed by atoms with Crippen molar-refractivity contribution < 1.29 is 4.92 Å². The van der Waals surface area contributed by atoms with Gasteiger partial charge in [0, 0.05) is 49.9 Å². The molecular weight excluding hydrogens is 268 g/mol. The molecule has 2 rings (SSSR count). The number of hydrogen-bond donors (Lipinski definition) is 1. The number of nitro benzene ring substituents is 1. The van der Waals surface area contributed by atoms with E-state index in [0.29, 0.717) is 13.0 Å². The molecule has 1 unspecified atom stereocenters. The number of piperazine rings is 1. The Morgan fingerprint density at radius 2 is 1.90 bits per heavy atom. The zero-order valence-corrected chi connectivity index (χ0v) is 12.8. The van der Waals surface area contributed by atoms with Crippen molar-refractivity contribution >= 4 is 5.69 Å². The van der Waals surface area contributed by atoms with Crippen LogP contribution in [0.5, 0.6) is 0 Å². The van der Waals surface area contributed by atoms with Crippen LogP contribution in [0.2, 0.25) is 0 Å². The van der Waals surface area contributed by atoms with Crippen LogP contribution in [0.15, 0.2) is 24.3 Å². The molecule has 6 heteroatoms. The fraction of sp³-hybridized carbons (Fsp3) is 0.600. The quantitative estimate of drug-likeness (QED) is 0.650. The van der Waals surface area contributed by atoms with Gasteiger partial charge in [0.25, 0.3) is 5.69 Å². The topological polar surface area (TPSA) is 75.6 Å². The first-order valence-corrected chi connectivity index (χ1v) is 7.32. The summed E-state index contributed by atoms with van der Waals surface area (Å²) in [5.41, 5.74) is 6.72. The number of nitrogens with two attached hydrogens (primary N) is 1. The third-order valence-electron chi connectivity index (χ3n) is 4.47. The summed E-state index contributed by atoms with van der Waals surface area (Å²) in [6.45, 7) is 6.51. The van der Waals surface area contributed by atoms with E-state index in [2.05, 4.69) is 23.8 Å². The second-order valence-electron chi connectivity index (χ2n) is 6.05. The summed E-state index contributed by atoms with van der Waals surface area (Å²) in [5, 5.41) is 11.2. The summed E-state index contributed by atoms with van der Waals surface area (Å²) < 4.78 is 0. The number of nitrogens with zero attached hydrogens (tertiary/aromatic N) is 3. The summed E-state index contributed by atoms with van der Waals surface area (Å²) >= 11 is 0. The average Bonchev–Trinajstić information content (AvgIpc) is 2.48. The predicted molar refractivity (Wildman–Crippen MR) is 83.3 cm³/mol. The van der Waals surface area contributed by atoms with Gasteiger partial charge in [-0.15, -0.1) is 0 Å². The molecule has 0 radical (unpaired) electrons. The zero-order valence-electron chi connectivity index (χ0n) is 12.8. The largest absolute Gasteiger partial charge is 0.329 e. The molecule has 1 aliphatic rings. The van der Waals surface area contributed by atoms with Crippen molar-refractivity contribution in [2.24, 2.45) is 5.73 Å². The molecule has 0 aromatic heterocycles. The molecule has 1 atom stereocenters. The van der Waals surface area contributed by atoms with Crippen LogP contribution in [-0.4, -0.2) is 60.0 Å². The van der Waals surface area contributed by atoms with Crippen molar-refractivity contribution in [2.75, 3.05) is 39.8 Å². The maximum Gasteiger partial charge on any atom is 0.272 e. The monoisotopic (exact) mass is 292 g/mol. The maximum atomic E-state index is 11.2. The highest BCUT2D eigenvalue weighted by Gasteiger charge is 2.34. The molecule has 1 aliphatic heterocycles. The number of likely N-dealkylation sites (N-methyl/N-ethyl adjacent to an activating group) is 1. The minimum absolute atomic E-state index is 0.186. The van der Waals surface area contributed by atoms with Crippen molar-refractivity contribution in [1.82, 2.24) is 9.80 Å². The van der Waals surface area contributed by atoms with Gasteiger partial charge in [-0.1, -0.05) is 18.2 Å². The molecule has 2 N–H and O–H groups in total. The molecule has 1 fully saturated rings. The molecule has 6 nitrogen and oxygen atoms in total. The molecule has 21 heavy (non-hydrogen) atoms. The number of nitro groups is 1. The molecular formula is C15H24N4O2. The molecule has 0 amide bonds. The van der Waals surface area contributed by atoms with Crippen LogP contribution >= 0.6 is 0 Å². The highest BCUT2D eigenvalue weighted by molar-refractivity contribution is 5.41. The number of benzene rings is 1. The van der Waals surface area contributed by atoms with Crippen molar-refractivity contribution in [3.05, 3.63) is 39.9 Å². The van der Waals surface area contributed by atoms with Gasteiger partial charge in [-0.05, 0) is 20.4 Å². The molecule has 1 aromatic rings. The highest BCUT2D eigenvalue weighted by Crippen LogP contribution is 2.26. The van der Waals surface area contributed by atoms with Gasteiger partial charge < -0.3 is 10.6 Å². The Kier molecular flexibility index (Phi) is 4.92. The van der Waals surface area contributed by atoms with E-state index in [-0.39, 0.29) is 16.1 Å². The van der Waals surface area contributed by atoms with E-state index in [0.717, 1.165) is 31.7 Å². The lowest BCUT2D eigenvalue weighted by Crippen LogP contribution is -2.59. The van der Waals surface area contributed by atoms with Gasteiger partial charge in [-0.3, -0.25) is 15.0 Å². The van der Waals surface area contributed by atoms with Crippen molar-refractivity contribution in [1.29, 1.82) is 0 Å². The Morgan fingerprint density at radius 1 is 1.29 bits per heavy atom. The fourth-order valence-electron chi connectivity index (χ4n) is 2.91. The third-order valence-corrected chi connectivity index (χ3v) is 4.47. The average molecular weight is 292 g/mol. The van der Waals surface area contributed by atoms with E-state index in [4.69, 9.17) is 5.73 Å². The van der Waals surface area contributed by atoms with Gasteiger partial charge in [0.05, 0.1) is 4.92 Å². The third kappa shape index (κ3) is 3.58. The summed E-state index contributed by atoms with van der Waals surface area (Å²) in [6.07, 6.45) is 0.602. The smallest absolute Gasteiger partial charge is 0.272 e. The van der Waals surface area contributed by atoms with Crippen LogP contribution in [0, 0.1) is 10.1 Å². The lowest BCUT2D eigenvalue weighted by Gasteiger charge is -2.45. The maximum absolute atomic E-state index is 11.2. The van der Waals surface area contributed by atoms with Crippen LogP contribution in [-0.2, 0) is 6.42 Å². The van der Waals surface area contributed by atoms with Crippen LogP contribution in [0.1, 0.15) is 12.5 Å². The van der Waals surface area contributed by atoms with Crippen molar-refractivity contribution in [3.8, 4) is 0 Å². The van der Waals surface area contributed by atoms with E-state index in [9.17, 15) is 10.1 Å². The summed E-state index contributed by atoms with van der Waals surface area (Å²) in [5.74, 6) is 0. The molecule has 116 valence electrons. The highest BCUT2D eigenvalue weighted by atomic mass is 16.6. The van der Waals surface area contributed by atoms with E-state index in [1.54, 1.807) is 12.1 Å². The predicted octanol–water partition coefficient (Wildman–Crippen LogP) is 1.10. The number of hydrogen-bond acceptors (Lipinski definition) is 5. The normalized spacial score (nSPS) is 20.1. The molecule has 1 aromatic carbocycles. The van der Waals surface area contributed by atoms with E-state index < -0.39 is 0 Å². The Labute approximate surface area is 125 Å². The van der Waals surface area contributed by atoms with Gasteiger partial charge in [-0.2, -0.15) is 0 Å². The number of para-hydroxylation sites is 1. The van der Waals surface area contributed by atoms with E-state index >= 15 is 0 Å². The molecule has 0 saturated carbocycles. The van der Waals surface area contributed by atoms with Gasteiger partial charge in [0.1, 0.15) is 0 Å². The van der Waals surface area contributed by atoms with Gasteiger partial charge in [-0.25, -0.2) is 0 Å². The summed E-state index contributed by atoms with van der Waals surface area (Å²) in [4.78, 5) is 15.5. The standard InChI is InChI=1S/C15H24N4O2/c1-15(12-16,18-9-7-17(2)8-10-18)11-13-5-3-4-6-14(13)19(20)21/h3-6H,7-12,16H2,1-2H3. The Morgan fingerprint density at radius 3 is 2.48 bits per heavy atom. The Hall–Kier alpha value is -1.50. The van der Waals surface area contributed by atoms with E-state index in [1.807, 2.05) is 12.1 Å². The first-order valence-electron chi connectivity index (χ1n) is 7.32. The van der Waals surface area contributed by atoms with Crippen LogP contribution in [0.25, 0.3) is 0 Å². The number of rotatable bonds is 5. The van der Waals surface area contributed by atoms with Crippen LogP contribution < -0.4 is 5.73 Å². The summed E-state index contributed by atoms with van der Waals surface area (Å²) in [6, 6.07) is 6.96. The SMILES string of the molecule is CN1CCN(C(C)(CN)Cc2ccccc2[N+](=O)[O-])CC1. The molecule has 1 saturated heterocycles. The zero-order chi connectivity index (χ0) is 15.5. The van der Waals surface area contributed by atoms with Crippen LogP contribution in [0.4, 0.5) is 5.69 Å².